The standard InChI is InChI=1S/C21H16N4O2S/c22-8-9-23-19(26)13-21-25-24-20(27-21)12-17-10-16-7-6-15(11-18(16)28-17)14-4-2-1-3-5-14/h1-7,10-11H,9,12-13H2,(H,23,26). The van der Waals surface area contributed by atoms with E-state index in [-0.39, 0.29) is 24.8 Å². The molecule has 2 aromatic carbocycles. The minimum absolute atomic E-state index is 0.0263. The fourth-order valence-electron chi connectivity index (χ4n) is 2.90. The second-order valence-corrected chi connectivity index (χ2v) is 7.38. The van der Waals surface area contributed by atoms with Gasteiger partial charge in [-0.15, -0.1) is 21.5 Å². The molecule has 0 aliphatic carbocycles. The maximum atomic E-state index is 11.6. The molecule has 4 rings (SSSR count). The van der Waals surface area contributed by atoms with Gasteiger partial charge in [-0.25, -0.2) is 0 Å². The van der Waals surface area contributed by atoms with Crippen molar-refractivity contribution in [3.8, 4) is 17.2 Å². The van der Waals surface area contributed by atoms with Crippen molar-refractivity contribution >= 4 is 27.3 Å². The van der Waals surface area contributed by atoms with E-state index in [1.54, 1.807) is 11.3 Å². The summed E-state index contributed by atoms with van der Waals surface area (Å²) in [5.74, 6) is 0.405. The van der Waals surface area contributed by atoms with Crippen LogP contribution in [0.2, 0.25) is 0 Å². The number of fused-ring (bicyclic) bond motifs is 1. The van der Waals surface area contributed by atoms with Crippen LogP contribution in [-0.4, -0.2) is 22.6 Å². The van der Waals surface area contributed by atoms with Crippen LogP contribution in [0.1, 0.15) is 16.7 Å². The molecule has 0 fully saturated rings. The van der Waals surface area contributed by atoms with Crippen LogP contribution < -0.4 is 5.32 Å². The summed E-state index contributed by atoms with van der Waals surface area (Å²) in [5, 5.41) is 20.0. The van der Waals surface area contributed by atoms with Gasteiger partial charge in [0.2, 0.25) is 17.7 Å². The van der Waals surface area contributed by atoms with E-state index in [2.05, 4.69) is 51.9 Å². The largest absolute Gasteiger partial charge is 0.424 e. The Morgan fingerprint density at radius 3 is 2.71 bits per heavy atom. The number of hydrogen-bond donors (Lipinski definition) is 1. The molecule has 0 aliphatic heterocycles. The van der Waals surface area contributed by atoms with Crippen molar-refractivity contribution < 1.29 is 9.21 Å². The number of amides is 1. The third-order valence-corrected chi connectivity index (χ3v) is 5.29. The van der Waals surface area contributed by atoms with Gasteiger partial charge >= 0.3 is 0 Å². The van der Waals surface area contributed by atoms with Gasteiger partial charge in [0.15, 0.2) is 0 Å². The highest BCUT2D eigenvalue weighted by molar-refractivity contribution is 7.19. The topological polar surface area (TPSA) is 91.8 Å². The van der Waals surface area contributed by atoms with E-state index in [4.69, 9.17) is 9.68 Å². The molecule has 0 bridgehead atoms. The van der Waals surface area contributed by atoms with Gasteiger partial charge in [-0.05, 0) is 28.6 Å². The summed E-state index contributed by atoms with van der Waals surface area (Å²) in [4.78, 5) is 12.7. The van der Waals surface area contributed by atoms with Crippen molar-refractivity contribution in [2.75, 3.05) is 6.54 Å². The summed E-state index contributed by atoms with van der Waals surface area (Å²) in [6.45, 7) is -0.0351. The van der Waals surface area contributed by atoms with Crippen molar-refractivity contribution in [2.24, 2.45) is 0 Å². The zero-order chi connectivity index (χ0) is 19.3. The molecule has 0 atom stereocenters. The molecule has 1 N–H and O–H groups in total. The molecule has 2 heterocycles. The number of carbonyl (C=O) groups is 1. The molecule has 0 saturated carbocycles. The van der Waals surface area contributed by atoms with Gasteiger partial charge < -0.3 is 9.73 Å². The SMILES string of the molecule is N#CCNC(=O)Cc1nnc(Cc2cc3ccc(-c4ccccc4)cc3s2)o1. The van der Waals surface area contributed by atoms with Crippen molar-refractivity contribution in [2.45, 2.75) is 12.8 Å². The normalized spacial score (nSPS) is 10.7. The number of benzene rings is 2. The summed E-state index contributed by atoms with van der Waals surface area (Å²) >= 11 is 1.69. The molecule has 138 valence electrons. The monoisotopic (exact) mass is 388 g/mol. The molecule has 7 heteroatoms. The molecule has 0 aliphatic rings. The number of nitrogens with zero attached hydrogens (tertiary/aromatic N) is 3. The van der Waals surface area contributed by atoms with E-state index in [0.717, 1.165) is 4.88 Å². The molecule has 0 unspecified atom stereocenters. The average Bonchev–Trinajstić information content (AvgIpc) is 3.32. The van der Waals surface area contributed by atoms with E-state index < -0.39 is 0 Å². The summed E-state index contributed by atoms with van der Waals surface area (Å²) in [5.41, 5.74) is 2.38. The molecule has 2 aromatic heterocycles. The Bertz CT molecular complexity index is 1160. The van der Waals surface area contributed by atoms with Crippen molar-refractivity contribution in [1.29, 1.82) is 5.26 Å². The van der Waals surface area contributed by atoms with Crippen LogP contribution in [0.4, 0.5) is 0 Å². The van der Waals surface area contributed by atoms with Crippen LogP contribution in [0.25, 0.3) is 21.2 Å². The first-order chi connectivity index (χ1) is 13.7. The van der Waals surface area contributed by atoms with E-state index in [1.807, 2.05) is 24.3 Å². The predicted molar refractivity (Wildman–Crippen MR) is 107 cm³/mol. The van der Waals surface area contributed by atoms with Crippen molar-refractivity contribution in [3.63, 3.8) is 0 Å². The van der Waals surface area contributed by atoms with Crippen LogP contribution >= 0.6 is 11.3 Å². The number of nitriles is 1. The van der Waals surface area contributed by atoms with Gasteiger partial charge in [-0.3, -0.25) is 4.79 Å². The van der Waals surface area contributed by atoms with Gasteiger partial charge in [-0.2, -0.15) is 5.26 Å². The highest BCUT2D eigenvalue weighted by Crippen LogP contribution is 2.31. The number of hydrogen-bond acceptors (Lipinski definition) is 6. The van der Waals surface area contributed by atoms with Crippen molar-refractivity contribution in [1.82, 2.24) is 15.5 Å². The Kier molecular flexibility index (Phi) is 5.13. The zero-order valence-corrected chi connectivity index (χ0v) is 15.7. The Morgan fingerprint density at radius 2 is 1.89 bits per heavy atom. The smallest absolute Gasteiger partial charge is 0.230 e. The molecule has 0 radical (unpaired) electrons. The van der Waals surface area contributed by atoms with Crippen LogP contribution in [0.15, 0.2) is 59.0 Å². The van der Waals surface area contributed by atoms with Crippen molar-refractivity contribution in [3.05, 3.63) is 71.3 Å². The lowest BCUT2D eigenvalue weighted by Gasteiger charge is -2.00. The molecule has 28 heavy (non-hydrogen) atoms. The Balaban J connectivity index is 1.48. The molecule has 6 nitrogen and oxygen atoms in total. The zero-order valence-electron chi connectivity index (χ0n) is 14.9. The fourth-order valence-corrected chi connectivity index (χ4v) is 4.00. The molecule has 1 amide bonds. The third-order valence-electron chi connectivity index (χ3n) is 4.19. The average molecular weight is 388 g/mol. The number of nitrogens with one attached hydrogen (secondary N) is 1. The third kappa shape index (κ3) is 4.08. The van der Waals surface area contributed by atoms with Crippen LogP contribution in [-0.2, 0) is 17.6 Å². The minimum atomic E-state index is -0.313. The molecule has 4 aromatic rings. The Hall–Kier alpha value is -3.50. The van der Waals surface area contributed by atoms with Gasteiger partial charge in [0.05, 0.1) is 12.5 Å². The van der Waals surface area contributed by atoms with E-state index in [1.165, 1.54) is 21.2 Å². The lowest BCUT2D eigenvalue weighted by molar-refractivity contribution is -0.120. The van der Waals surface area contributed by atoms with Gasteiger partial charge in [-0.1, -0.05) is 42.5 Å². The van der Waals surface area contributed by atoms with Gasteiger partial charge in [0.1, 0.15) is 13.0 Å². The number of rotatable bonds is 6. The number of carbonyl (C=O) groups excluding carboxylic acids is 1. The maximum Gasteiger partial charge on any atom is 0.230 e. The second kappa shape index (κ2) is 8.03. The van der Waals surface area contributed by atoms with Crippen LogP contribution in [0, 0.1) is 11.3 Å². The number of thiophene rings is 1. The number of aromatic nitrogens is 2. The summed E-state index contributed by atoms with van der Waals surface area (Å²) in [7, 11) is 0. The van der Waals surface area contributed by atoms with E-state index >= 15 is 0 Å². The van der Waals surface area contributed by atoms with E-state index in [0.29, 0.717) is 12.3 Å². The van der Waals surface area contributed by atoms with Gasteiger partial charge in [0.25, 0.3) is 0 Å². The highest BCUT2D eigenvalue weighted by Gasteiger charge is 2.13. The first-order valence-corrected chi connectivity index (χ1v) is 9.56. The van der Waals surface area contributed by atoms with Crippen LogP contribution in [0.5, 0.6) is 0 Å². The highest BCUT2D eigenvalue weighted by atomic mass is 32.1. The first kappa shape index (κ1) is 17.9. The van der Waals surface area contributed by atoms with Gasteiger partial charge in [0, 0.05) is 9.58 Å². The Morgan fingerprint density at radius 1 is 1.07 bits per heavy atom. The summed E-state index contributed by atoms with van der Waals surface area (Å²) in [6.07, 6.45) is 0.494. The summed E-state index contributed by atoms with van der Waals surface area (Å²) in [6, 6.07) is 20.7. The maximum absolute atomic E-state index is 11.6. The van der Waals surface area contributed by atoms with E-state index in [9.17, 15) is 4.79 Å². The quantitative estimate of drug-likeness (QED) is 0.508. The Labute approximate surface area is 165 Å². The predicted octanol–water partition coefficient (Wildman–Crippen LogP) is 3.72. The summed E-state index contributed by atoms with van der Waals surface area (Å²) < 4.78 is 6.77. The molecular formula is C21H16N4O2S. The lowest BCUT2D eigenvalue weighted by atomic mass is 10.1. The molecule has 0 spiro atoms. The van der Waals surface area contributed by atoms with Crippen LogP contribution in [0.3, 0.4) is 0 Å². The minimum Gasteiger partial charge on any atom is -0.424 e. The molecule has 0 saturated heterocycles. The molecular weight excluding hydrogens is 372 g/mol. The first-order valence-electron chi connectivity index (χ1n) is 8.74. The lowest BCUT2D eigenvalue weighted by Crippen LogP contribution is -2.25. The second-order valence-electron chi connectivity index (χ2n) is 6.21. The fraction of sp³-hybridized carbons (Fsp3) is 0.143.